The molecule has 1 fully saturated rings. The average molecular weight is 538 g/mol. The molecule has 0 aromatic heterocycles. The topological polar surface area (TPSA) is 122 Å². The van der Waals surface area contributed by atoms with E-state index in [9.17, 15) is 23.2 Å². The fourth-order valence-electron chi connectivity index (χ4n) is 4.72. The van der Waals surface area contributed by atoms with Crippen molar-refractivity contribution in [2.75, 3.05) is 19.8 Å². The maximum Gasteiger partial charge on any atom is 0.341 e. The van der Waals surface area contributed by atoms with E-state index in [1.165, 1.54) is 0 Å². The Kier molecular flexibility index (Phi) is 8.37. The number of primary amides is 1. The summed E-state index contributed by atoms with van der Waals surface area (Å²) in [5, 5.41) is 11.7. The number of ether oxygens (including phenoxy) is 1. The number of halogens is 2. The lowest BCUT2D eigenvalue weighted by molar-refractivity contribution is -0.133. The molecule has 2 amide bonds. The van der Waals surface area contributed by atoms with Gasteiger partial charge in [-0.05, 0) is 72.0 Å². The predicted octanol–water partition coefficient (Wildman–Crippen LogP) is 3.82. The number of aromatic carboxylic acids is 1. The number of carbonyl (C=O) groups is 3. The number of nitrogens with one attached hydrogen (secondary N) is 1. The van der Waals surface area contributed by atoms with Gasteiger partial charge in [-0.2, -0.15) is 0 Å². The van der Waals surface area contributed by atoms with Crippen LogP contribution in [0.1, 0.15) is 50.4 Å². The lowest BCUT2D eigenvalue weighted by Gasteiger charge is -2.35. The number of carboxylic acids is 1. The molecular formula is C29H29F2N3O5. The molecule has 1 aliphatic rings. The molecule has 10 heteroatoms. The molecule has 3 aromatic carbocycles. The van der Waals surface area contributed by atoms with Gasteiger partial charge < -0.3 is 20.9 Å². The Balaban J connectivity index is 1.49. The zero-order chi connectivity index (χ0) is 28.3. The Morgan fingerprint density at radius 3 is 2.49 bits per heavy atom. The zero-order valence-electron chi connectivity index (χ0n) is 21.5. The molecule has 4 N–H and O–H groups in total. The van der Waals surface area contributed by atoms with E-state index in [1.54, 1.807) is 19.1 Å². The SMILES string of the molecule is Cc1cc(C(N)=O)ccc1-c1cccc(CN2CCOC[C@@H]2C(=O)NC(C)c2cc(F)c(C(=O)O)c(F)c2)c1. The van der Waals surface area contributed by atoms with Crippen molar-refractivity contribution in [2.24, 2.45) is 5.73 Å². The monoisotopic (exact) mass is 537 g/mol. The molecule has 1 saturated heterocycles. The number of hydrogen-bond donors (Lipinski definition) is 3. The van der Waals surface area contributed by atoms with E-state index < -0.39 is 41.2 Å². The highest BCUT2D eigenvalue weighted by molar-refractivity contribution is 5.93. The molecule has 1 unspecified atom stereocenters. The van der Waals surface area contributed by atoms with Crippen molar-refractivity contribution >= 4 is 17.8 Å². The van der Waals surface area contributed by atoms with Crippen molar-refractivity contribution in [3.63, 3.8) is 0 Å². The lowest BCUT2D eigenvalue weighted by Crippen LogP contribution is -2.53. The second kappa shape index (κ2) is 11.7. The number of carboxylic acid groups (broad SMARTS) is 1. The molecule has 39 heavy (non-hydrogen) atoms. The van der Waals surface area contributed by atoms with E-state index in [0.717, 1.165) is 34.4 Å². The summed E-state index contributed by atoms with van der Waals surface area (Å²) in [6.07, 6.45) is 0. The predicted molar refractivity (Wildman–Crippen MR) is 140 cm³/mol. The van der Waals surface area contributed by atoms with Crippen LogP contribution in [0, 0.1) is 18.6 Å². The third-order valence-corrected chi connectivity index (χ3v) is 6.81. The molecule has 0 radical (unpaired) electrons. The first kappa shape index (κ1) is 27.9. The number of aryl methyl sites for hydroxylation is 1. The highest BCUT2D eigenvalue weighted by Gasteiger charge is 2.31. The fraction of sp³-hybridized carbons (Fsp3) is 0.276. The second-order valence-electron chi connectivity index (χ2n) is 9.55. The van der Waals surface area contributed by atoms with Gasteiger partial charge in [0.15, 0.2) is 0 Å². The van der Waals surface area contributed by atoms with Crippen LogP contribution < -0.4 is 11.1 Å². The van der Waals surface area contributed by atoms with Crippen LogP contribution in [0.15, 0.2) is 54.6 Å². The molecular weight excluding hydrogens is 508 g/mol. The summed E-state index contributed by atoms with van der Waals surface area (Å²) in [5.74, 6) is -4.98. The van der Waals surface area contributed by atoms with E-state index in [1.807, 2.05) is 42.2 Å². The van der Waals surface area contributed by atoms with Crippen molar-refractivity contribution < 1.29 is 33.0 Å². The number of amides is 2. The van der Waals surface area contributed by atoms with Crippen molar-refractivity contribution in [3.05, 3.63) is 94.0 Å². The van der Waals surface area contributed by atoms with Gasteiger partial charge in [0.2, 0.25) is 11.8 Å². The van der Waals surface area contributed by atoms with Gasteiger partial charge in [-0.3, -0.25) is 14.5 Å². The van der Waals surface area contributed by atoms with Crippen molar-refractivity contribution in [1.82, 2.24) is 10.2 Å². The second-order valence-corrected chi connectivity index (χ2v) is 9.55. The highest BCUT2D eigenvalue weighted by Crippen LogP contribution is 2.26. The zero-order valence-corrected chi connectivity index (χ0v) is 21.5. The maximum absolute atomic E-state index is 14.2. The standard InChI is InChI=1S/C29H29F2N3O5/c1-16-10-20(27(32)35)6-7-22(16)19-5-3-4-18(11-19)14-34-8-9-39-15-25(34)28(36)33-17(2)21-12-23(30)26(29(37)38)24(31)13-21/h3-7,10-13,17,25H,8-9,14-15H2,1-2H3,(H2,32,35)(H,33,36)(H,37,38)/t17?,25-/m1/s1. The summed E-state index contributed by atoms with van der Waals surface area (Å²) in [7, 11) is 0. The first-order chi connectivity index (χ1) is 18.5. The van der Waals surface area contributed by atoms with Crippen molar-refractivity contribution in [2.45, 2.75) is 32.5 Å². The molecule has 0 bridgehead atoms. The van der Waals surface area contributed by atoms with E-state index in [2.05, 4.69) is 5.32 Å². The third-order valence-electron chi connectivity index (χ3n) is 6.81. The number of rotatable bonds is 8. The molecule has 8 nitrogen and oxygen atoms in total. The number of carbonyl (C=O) groups excluding carboxylic acids is 2. The lowest BCUT2D eigenvalue weighted by atomic mass is 9.96. The Labute approximate surface area is 224 Å². The molecule has 204 valence electrons. The largest absolute Gasteiger partial charge is 0.477 e. The number of nitrogens with two attached hydrogens (primary N) is 1. The Hall–Kier alpha value is -4.15. The van der Waals surface area contributed by atoms with Crippen LogP contribution in [-0.2, 0) is 16.1 Å². The van der Waals surface area contributed by atoms with Crippen LogP contribution in [0.2, 0.25) is 0 Å². The van der Waals surface area contributed by atoms with Gasteiger partial charge in [-0.25, -0.2) is 13.6 Å². The van der Waals surface area contributed by atoms with Gasteiger partial charge in [-0.1, -0.05) is 24.3 Å². The fourth-order valence-corrected chi connectivity index (χ4v) is 4.72. The van der Waals surface area contributed by atoms with Crippen LogP contribution in [0.3, 0.4) is 0 Å². The van der Waals surface area contributed by atoms with Crippen LogP contribution in [0.25, 0.3) is 11.1 Å². The first-order valence-corrected chi connectivity index (χ1v) is 12.4. The van der Waals surface area contributed by atoms with Crippen molar-refractivity contribution in [1.29, 1.82) is 0 Å². The van der Waals surface area contributed by atoms with Gasteiger partial charge in [0.05, 0.1) is 19.3 Å². The molecule has 0 saturated carbocycles. The molecule has 2 atom stereocenters. The molecule has 0 aliphatic carbocycles. The minimum atomic E-state index is -1.70. The smallest absolute Gasteiger partial charge is 0.341 e. The van der Waals surface area contributed by atoms with Crippen LogP contribution in [0.5, 0.6) is 0 Å². The highest BCUT2D eigenvalue weighted by atomic mass is 19.1. The normalized spacial score (nSPS) is 16.5. The van der Waals surface area contributed by atoms with Crippen LogP contribution >= 0.6 is 0 Å². The number of benzene rings is 3. The summed E-state index contributed by atoms with van der Waals surface area (Å²) >= 11 is 0. The molecule has 1 aliphatic heterocycles. The van der Waals surface area contributed by atoms with Gasteiger partial charge in [-0.15, -0.1) is 0 Å². The maximum atomic E-state index is 14.2. The van der Waals surface area contributed by atoms with Crippen LogP contribution in [-0.4, -0.2) is 53.6 Å². The first-order valence-electron chi connectivity index (χ1n) is 12.4. The summed E-state index contributed by atoms with van der Waals surface area (Å²) in [4.78, 5) is 37.7. The summed E-state index contributed by atoms with van der Waals surface area (Å²) < 4.78 is 33.9. The average Bonchev–Trinajstić information content (AvgIpc) is 2.88. The molecule has 4 rings (SSSR count). The van der Waals surface area contributed by atoms with E-state index in [-0.39, 0.29) is 18.1 Å². The summed E-state index contributed by atoms with van der Waals surface area (Å²) in [6, 6.07) is 13.6. The van der Waals surface area contributed by atoms with Gasteiger partial charge in [0.1, 0.15) is 23.2 Å². The van der Waals surface area contributed by atoms with E-state index >= 15 is 0 Å². The van der Waals surface area contributed by atoms with E-state index in [0.29, 0.717) is 25.3 Å². The Morgan fingerprint density at radius 1 is 1.13 bits per heavy atom. The third kappa shape index (κ3) is 6.30. The van der Waals surface area contributed by atoms with Gasteiger partial charge in [0, 0.05) is 18.7 Å². The van der Waals surface area contributed by atoms with Crippen molar-refractivity contribution in [3.8, 4) is 11.1 Å². The Morgan fingerprint density at radius 2 is 1.85 bits per heavy atom. The minimum Gasteiger partial charge on any atom is -0.477 e. The summed E-state index contributed by atoms with van der Waals surface area (Å²) in [6.45, 7) is 5.02. The molecule has 1 heterocycles. The molecule has 3 aromatic rings. The van der Waals surface area contributed by atoms with Gasteiger partial charge >= 0.3 is 5.97 Å². The Bertz CT molecular complexity index is 1400. The minimum absolute atomic E-state index is 0.108. The number of nitrogens with zero attached hydrogens (tertiary/aromatic N) is 1. The molecule has 0 spiro atoms. The van der Waals surface area contributed by atoms with Gasteiger partial charge in [0.25, 0.3) is 0 Å². The number of hydrogen-bond acceptors (Lipinski definition) is 5. The summed E-state index contributed by atoms with van der Waals surface area (Å²) in [5.41, 5.74) is 8.68. The van der Waals surface area contributed by atoms with Crippen LogP contribution in [0.4, 0.5) is 8.78 Å². The number of morpholine rings is 1. The van der Waals surface area contributed by atoms with E-state index in [4.69, 9.17) is 15.6 Å². The quantitative estimate of drug-likeness (QED) is 0.402.